The molecule has 1 aliphatic heterocycles. The van der Waals surface area contributed by atoms with E-state index >= 15 is 0 Å². The highest BCUT2D eigenvalue weighted by Gasteiger charge is 2.37. The predicted octanol–water partition coefficient (Wildman–Crippen LogP) is -0.949. The van der Waals surface area contributed by atoms with Crippen molar-refractivity contribution in [2.45, 2.75) is 45.2 Å². The maximum absolute atomic E-state index is 12.4. The molecule has 1 aromatic heterocycles. The summed E-state index contributed by atoms with van der Waals surface area (Å²) < 4.78 is 6.93. The lowest BCUT2D eigenvalue weighted by atomic mass is 9.72. The first-order valence-electron chi connectivity index (χ1n) is 9.33. The molecule has 154 valence electrons. The third-order valence-corrected chi connectivity index (χ3v) is 4.50. The maximum Gasteiger partial charge on any atom is 0.547 e. The van der Waals surface area contributed by atoms with Gasteiger partial charge in [0.05, 0.1) is 24.5 Å². The minimum absolute atomic E-state index is 0.0273. The Morgan fingerprint density at radius 2 is 2.21 bits per heavy atom. The van der Waals surface area contributed by atoms with E-state index in [0.29, 0.717) is 30.5 Å². The number of fused-ring (bicyclic) bond motifs is 1. The highest BCUT2D eigenvalue weighted by atomic mass is 16.5. The van der Waals surface area contributed by atoms with Gasteiger partial charge in [0.1, 0.15) is 5.75 Å². The normalized spacial score (nSPS) is 15.7. The van der Waals surface area contributed by atoms with Gasteiger partial charge in [-0.05, 0) is 28.5 Å². The monoisotopic (exact) mass is 402 g/mol. The summed E-state index contributed by atoms with van der Waals surface area (Å²) in [6, 6.07) is 5.03. The van der Waals surface area contributed by atoms with E-state index in [1.807, 2.05) is 13.8 Å². The van der Waals surface area contributed by atoms with Crippen molar-refractivity contribution in [1.29, 1.82) is 0 Å². The number of nitrogens with one attached hydrogen (secondary N) is 2. The molecule has 3 rings (SSSR count). The summed E-state index contributed by atoms with van der Waals surface area (Å²) in [6.45, 7) is 5.25. The van der Waals surface area contributed by atoms with Gasteiger partial charge in [-0.25, -0.2) is 9.48 Å². The van der Waals surface area contributed by atoms with Crippen molar-refractivity contribution in [3.05, 3.63) is 35.2 Å². The zero-order chi connectivity index (χ0) is 21.0. The van der Waals surface area contributed by atoms with Crippen LogP contribution in [-0.2, 0) is 24.2 Å². The summed E-state index contributed by atoms with van der Waals surface area (Å²) in [5.74, 6) is -1.70. The Morgan fingerprint density at radius 1 is 1.41 bits per heavy atom. The van der Waals surface area contributed by atoms with E-state index in [0.717, 1.165) is 0 Å². The fourth-order valence-electron chi connectivity index (χ4n) is 3.10. The average molecular weight is 402 g/mol. The molecule has 4 N–H and O–H groups in total. The third kappa shape index (κ3) is 5.09. The standard InChI is InChI=1S/C17H23BN6O5/c1-10(2)19-6-7-24-14(21-22-23-24)9-15(25)20-13-8-11-4-3-5-12(17(26)27)16(11)29-18(13)28/h3-5,10,13,19,28H,6-9H2,1-2H3,(H,20,25)(H,26,27). The van der Waals surface area contributed by atoms with Crippen LogP contribution < -0.4 is 15.3 Å². The number of carbonyl (C=O) groups is 2. The minimum atomic E-state index is -1.36. The van der Waals surface area contributed by atoms with E-state index in [-0.39, 0.29) is 30.1 Å². The largest absolute Gasteiger partial charge is 0.547 e. The van der Waals surface area contributed by atoms with E-state index in [1.165, 1.54) is 6.07 Å². The number of aromatic nitrogens is 4. The number of nitrogens with zero attached hydrogens (tertiary/aromatic N) is 4. The van der Waals surface area contributed by atoms with Crippen LogP contribution in [0.1, 0.15) is 35.6 Å². The van der Waals surface area contributed by atoms with Crippen LogP contribution >= 0.6 is 0 Å². The summed E-state index contributed by atoms with van der Waals surface area (Å²) in [5, 5.41) is 36.8. The number of para-hydroxylation sites is 1. The molecule has 11 nitrogen and oxygen atoms in total. The molecule has 1 atom stereocenters. The number of carboxylic acid groups (broad SMARTS) is 1. The van der Waals surface area contributed by atoms with Crippen LogP contribution in [0.3, 0.4) is 0 Å². The van der Waals surface area contributed by atoms with Crippen LogP contribution in [0.15, 0.2) is 18.2 Å². The molecule has 0 saturated carbocycles. The lowest BCUT2D eigenvalue weighted by molar-refractivity contribution is -0.121. The lowest BCUT2D eigenvalue weighted by Gasteiger charge is -2.28. The SMILES string of the molecule is CC(C)NCCn1nnnc1CC(=O)NC1Cc2cccc(C(=O)O)c2OB1O. The number of benzene rings is 1. The number of hydrogen-bond donors (Lipinski definition) is 4. The Hall–Kier alpha value is -2.99. The van der Waals surface area contributed by atoms with Gasteiger partial charge in [0.2, 0.25) is 5.91 Å². The summed E-state index contributed by atoms with van der Waals surface area (Å²) in [6.07, 6.45) is 0.187. The second kappa shape index (κ2) is 9.01. The van der Waals surface area contributed by atoms with Gasteiger partial charge in [-0.1, -0.05) is 26.0 Å². The van der Waals surface area contributed by atoms with Gasteiger partial charge in [-0.2, -0.15) is 0 Å². The number of carboxylic acids is 1. The number of rotatable bonds is 8. The highest BCUT2D eigenvalue weighted by Crippen LogP contribution is 2.30. The molecule has 1 amide bonds. The van der Waals surface area contributed by atoms with E-state index in [2.05, 4.69) is 26.2 Å². The number of hydrogen-bond acceptors (Lipinski definition) is 8. The molecular formula is C17H23BN6O5. The number of amides is 1. The number of aromatic carboxylic acids is 1. The molecule has 2 aromatic rings. The van der Waals surface area contributed by atoms with E-state index in [4.69, 9.17) is 4.65 Å². The quantitative estimate of drug-likeness (QED) is 0.410. The smallest absolute Gasteiger partial charge is 0.534 e. The van der Waals surface area contributed by atoms with Crippen LogP contribution in [0.2, 0.25) is 0 Å². The fourth-order valence-corrected chi connectivity index (χ4v) is 3.10. The average Bonchev–Trinajstić information content (AvgIpc) is 3.08. The van der Waals surface area contributed by atoms with Crippen molar-refractivity contribution in [2.24, 2.45) is 0 Å². The number of tetrazole rings is 1. The molecule has 29 heavy (non-hydrogen) atoms. The van der Waals surface area contributed by atoms with Gasteiger partial charge >= 0.3 is 13.1 Å². The first kappa shape index (κ1) is 20.7. The minimum Gasteiger partial charge on any atom is -0.534 e. The molecule has 0 bridgehead atoms. The predicted molar refractivity (Wildman–Crippen MR) is 102 cm³/mol. The zero-order valence-corrected chi connectivity index (χ0v) is 16.2. The van der Waals surface area contributed by atoms with E-state index in [1.54, 1.807) is 16.8 Å². The van der Waals surface area contributed by atoms with Crippen molar-refractivity contribution < 1.29 is 24.4 Å². The molecule has 1 aliphatic rings. The first-order chi connectivity index (χ1) is 13.8. The van der Waals surface area contributed by atoms with Crippen molar-refractivity contribution >= 4 is 19.0 Å². The molecule has 2 heterocycles. The van der Waals surface area contributed by atoms with Crippen LogP contribution in [0.5, 0.6) is 5.75 Å². The third-order valence-electron chi connectivity index (χ3n) is 4.50. The molecule has 12 heteroatoms. The molecule has 0 aliphatic carbocycles. The Balaban J connectivity index is 1.61. The Bertz CT molecular complexity index is 889. The summed E-state index contributed by atoms with van der Waals surface area (Å²) in [7, 11) is -1.36. The van der Waals surface area contributed by atoms with Crippen molar-refractivity contribution in [3.8, 4) is 5.75 Å². The summed E-state index contributed by atoms with van der Waals surface area (Å²) in [5.41, 5.74) is 0.575. The van der Waals surface area contributed by atoms with Gasteiger partial charge in [0.25, 0.3) is 0 Å². The van der Waals surface area contributed by atoms with Crippen LogP contribution in [0.4, 0.5) is 0 Å². The maximum atomic E-state index is 12.4. The molecular weight excluding hydrogens is 379 g/mol. The molecule has 1 unspecified atom stereocenters. The molecule has 0 radical (unpaired) electrons. The molecule has 0 saturated heterocycles. The summed E-state index contributed by atoms with van der Waals surface area (Å²) >= 11 is 0. The van der Waals surface area contributed by atoms with Crippen molar-refractivity contribution in [3.63, 3.8) is 0 Å². The lowest BCUT2D eigenvalue weighted by Crippen LogP contribution is -2.53. The molecule has 0 spiro atoms. The topological polar surface area (TPSA) is 151 Å². The van der Waals surface area contributed by atoms with Crippen molar-refractivity contribution in [2.75, 3.05) is 6.54 Å². The summed E-state index contributed by atoms with van der Waals surface area (Å²) in [4.78, 5) is 23.8. The van der Waals surface area contributed by atoms with Gasteiger partial charge in [-0.15, -0.1) is 5.10 Å². The second-order valence-electron chi connectivity index (χ2n) is 7.09. The zero-order valence-electron chi connectivity index (χ0n) is 16.2. The van der Waals surface area contributed by atoms with Gasteiger partial charge in [-0.3, -0.25) is 4.79 Å². The van der Waals surface area contributed by atoms with Crippen LogP contribution in [0, 0.1) is 0 Å². The Labute approximate surface area is 167 Å². The fraction of sp³-hybridized carbons (Fsp3) is 0.471. The Kier molecular flexibility index (Phi) is 6.44. The number of carbonyl (C=O) groups excluding carboxylic acids is 1. The Morgan fingerprint density at radius 3 is 2.93 bits per heavy atom. The first-order valence-corrected chi connectivity index (χ1v) is 9.33. The van der Waals surface area contributed by atoms with Crippen molar-refractivity contribution in [1.82, 2.24) is 30.8 Å². The molecule has 1 aromatic carbocycles. The van der Waals surface area contributed by atoms with Crippen LogP contribution in [0.25, 0.3) is 0 Å². The highest BCUT2D eigenvalue weighted by molar-refractivity contribution is 6.47. The van der Waals surface area contributed by atoms with Gasteiger partial charge in [0, 0.05) is 12.6 Å². The van der Waals surface area contributed by atoms with Crippen LogP contribution in [-0.4, -0.2) is 67.9 Å². The second-order valence-corrected chi connectivity index (χ2v) is 7.09. The van der Waals surface area contributed by atoms with Gasteiger partial charge in [0.15, 0.2) is 5.82 Å². The molecule has 0 fully saturated rings. The van der Waals surface area contributed by atoms with E-state index in [9.17, 15) is 19.7 Å². The van der Waals surface area contributed by atoms with E-state index < -0.39 is 19.0 Å². The van der Waals surface area contributed by atoms with Gasteiger partial charge < -0.3 is 25.4 Å².